The molecule has 2 aromatic carbocycles. The summed E-state index contributed by atoms with van der Waals surface area (Å²) in [7, 11) is 0. The van der Waals surface area contributed by atoms with Gasteiger partial charge in [0, 0.05) is 16.7 Å². The van der Waals surface area contributed by atoms with Crippen LogP contribution in [0.2, 0.25) is 0 Å². The first-order valence-corrected chi connectivity index (χ1v) is 8.80. The molecular weight excluding hydrogens is 346 g/mol. The first-order chi connectivity index (χ1) is 12.0. The van der Waals surface area contributed by atoms with Gasteiger partial charge in [0.05, 0.1) is 19.6 Å². The van der Waals surface area contributed by atoms with Crippen molar-refractivity contribution in [3.8, 4) is 0 Å². The minimum Gasteiger partial charge on any atom is -1.00 e. The van der Waals surface area contributed by atoms with Gasteiger partial charge in [-0.2, -0.15) is 0 Å². The van der Waals surface area contributed by atoms with Crippen LogP contribution in [0.15, 0.2) is 55.1 Å². The number of carbonyl (C=O) groups excluding carboxylic acids is 2. The lowest BCUT2D eigenvalue weighted by atomic mass is 9.95. The molecule has 138 valence electrons. The van der Waals surface area contributed by atoms with Crippen molar-refractivity contribution in [3.05, 3.63) is 71.8 Å². The third-order valence-electron chi connectivity index (χ3n) is 5.10. The predicted octanol–water partition coefficient (Wildman–Crippen LogP) is 1.77. The SMILES string of the molecule is C=Cc1c(C(=O)C(=O)c2ccccc2)cccc1[N+](CC)(CC)CC.[Cl-]. The fourth-order valence-corrected chi connectivity index (χ4v) is 3.40. The highest BCUT2D eigenvalue weighted by Gasteiger charge is 2.30. The van der Waals surface area contributed by atoms with Crippen LogP contribution < -0.4 is 16.9 Å². The van der Waals surface area contributed by atoms with E-state index in [2.05, 4.69) is 27.4 Å². The summed E-state index contributed by atoms with van der Waals surface area (Å²) < 4.78 is 0.752. The highest BCUT2D eigenvalue weighted by Crippen LogP contribution is 2.31. The highest BCUT2D eigenvalue weighted by atomic mass is 35.5. The quantitative estimate of drug-likeness (QED) is 0.402. The average Bonchev–Trinajstić information content (AvgIpc) is 2.69. The molecule has 0 aliphatic heterocycles. The summed E-state index contributed by atoms with van der Waals surface area (Å²) in [6.45, 7) is 13.1. The van der Waals surface area contributed by atoms with Gasteiger partial charge < -0.3 is 12.4 Å². The van der Waals surface area contributed by atoms with Gasteiger partial charge in [0.1, 0.15) is 5.69 Å². The van der Waals surface area contributed by atoms with Crippen molar-refractivity contribution in [2.75, 3.05) is 19.6 Å². The molecule has 0 radical (unpaired) electrons. The smallest absolute Gasteiger partial charge is 0.234 e. The van der Waals surface area contributed by atoms with Gasteiger partial charge in [0.15, 0.2) is 0 Å². The number of ketones is 2. The Labute approximate surface area is 162 Å². The Morgan fingerprint density at radius 3 is 1.96 bits per heavy atom. The molecule has 3 nitrogen and oxygen atoms in total. The van der Waals surface area contributed by atoms with Gasteiger partial charge in [-0.3, -0.25) is 14.1 Å². The van der Waals surface area contributed by atoms with Gasteiger partial charge >= 0.3 is 0 Å². The molecule has 0 saturated carbocycles. The second-order valence-electron chi connectivity index (χ2n) is 6.06. The van der Waals surface area contributed by atoms with Gasteiger partial charge in [-0.25, -0.2) is 0 Å². The van der Waals surface area contributed by atoms with Gasteiger partial charge in [-0.05, 0) is 32.9 Å². The normalized spacial score (nSPS) is 10.7. The van der Waals surface area contributed by atoms with E-state index < -0.39 is 11.6 Å². The van der Waals surface area contributed by atoms with Crippen molar-refractivity contribution in [2.24, 2.45) is 0 Å². The monoisotopic (exact) mass is 371 g/mol. The van der Waals surface area contributed by atoms with E-state index in [-0.39, 0.29) is 12.4 Å². The Balaban J connectivity index is 0.00000338. The zero-order chi connectivity index (χ0) is 18.4. The number of Topliss-reactive ketones (excluding diaryl/α,β-unsaturated/α-hetero) is 2. The van der Waals surface area contributed by atoms with E-state index in [1.54, 1.807) is 36.4 Å². The van der Waals surface area contributed by atoms with Crippen LogP contribution in [-0.2, 0) is 0 Å². The van der Waals surface area contributed by atoms with Crippen LogP contribution in [-0.4, -0.2) is 31.2 Å². The molecule has 2 aromatic rings. The van der Waals surface area contributed by atoms with Gasteiger partial charge in [0.2, 0.25) is 11.6 Å². The number of quaternary nitrogens is 1. The summed E-state index contributed by atoms with van der Waals surface area (Å²) in [5.41, 5.74) is 2.66. The van der Waals surface area contributed by atoms with Gasteiger partial charge in [-0.15, -0.1) is 0 Å². The molecule has 0 aliphatic rings. The highest BCUT2D eigenvalue weighted by molar-refractivity contribution is 6.49. The molecule has 0 aliphatic carbocycles. The molecule has 0 N–H and O–H groups in total. The van der Waals surface area contributed by atoms with Crippen molar-refractivity contribution >= 4 is 23.3 Å². The van der Waals surface area contributed by atoms with Crippen LogP contribution in [0.3, 0.4) is 0 Å². The van der Waals surface area contributed by atoms with Crippen LogP contribution in [0.5, 0.6) is 0 Å². The van der Waals surface area contributed by atoms with Crippen LogP contribution in [0.1, 0.15) is 47.1 Å². The second-order valence-corrected chi connectivity index (χ2v) is 6.06. The summed E-state index contributed by atoms with van der Waals surface area (Å²) in [5.74, 6) is -0.965. The van der Waals surface area contributed by atoms with E-state index >= 15 is 0 Å². The topological polar surface area (TPSA) is 34.1 Å². The summed E-state index contributed by atoms with van der Waals surface area (Å²) in [6.07, 6.45) is 1.70. The number of rotatable bonds is 8. The molecule has 0 heterocycles. The largest absolute Gasteiger partial charge is 1.00 e. The molecule has 2 rings (SSSR count). The number of hydrogen-bond acceptors (Lipinski definition) is 2. The van der Waals surface area contributed by atoms with Crippen LogP contribution in [0.4, 0.5) is 5.69 Å². The zero-order valence-electron chi connectivity index (χ0n) is 15.7. The summed E-state index contributed by atoms with van der Waals surface area (Å²) in [4.78, 5) is 25.5. The van der Waals surface area contributed by atoms with Gasteiger partial charge in [-0.1, -0.05) is 49.1 Å². The minimum absolute atomic E-state index is 0. The molecule has 0 bridgehead atoms. The lowest BCUT2D eigenvalue weighted by Crippen LogP contribution is -3.00. The van der Waals surface area contributed by atoms with Crippen LogP contribution in [0, 0.1) is 0 Å². The Morgan fingerprint density at radius 1 is 0.885 bits per heavy atom. The standard InChI is InChI=1S/C22H26NO2.ClH/c1-5-18-19(22(25)21(24)17-13-10-9-11-14-17)15-12-16-20(18)23(6-2,7-3)8-4;/h5,9-16H,1,6-8H2,2-4H3;1H/q+1;/p-1. The second kappa shape index (κ2) is 9.46. The van der Waals surface area contributed by atoms with E-state index in [1.807, 2.05) is 18.2 Å². The lowest BCUT2D eigenvalue weighted by Gasteiger charge is -2.36. The molecule has 26 heavy (non-hydrogen) atoms. The average molecular weight is 372 g/mol. The fourth-order valence-electron chi connectivity index (χ4n) is 3.40. The Hall–Kier alpha value is -2.23. The van der Waals surface area contributed by atoms with Gasteiger partial charge in [0.25, 0.3) is 0 Å². The Kier molecular flexibility index (Phi) is 7.94. The summed E-state index contributed by atoms with van der Waals surface area (Å²) >= 11 is 0. The van der Waals surface area contributed by atoms with Crippen molar-refractivity contribution in [3.63, 3.8) is 0 Å². The van der Waals surface area contributed by atoms with E-state index in [0.717, 1.165) is 35.4 Å². The molecule has 0 amide bonds. The van der Waals surface area contributed by atoms with E-state index in [4.69, 9.17) is 0 Å². The first kappa shape index (κ1) is 21.8. The van der Waals surface area contributed by atoms with E-state index in [9.17, 15) is 9.59 Å². The van der Waals surface area contributed by atoms with Crippen molar-refractivity contribution in [1.82, 2.24) is 4.48 Å². The Bertz CT molecular complexity index is 772. The zero-order valence-corrected chi connectivity index (χ0v) is 16.4. The maximum atomic E-state index is 12.9. The summed E-state index contributed by atoms with van der Waals surface area (Å²) in [5, 5.41) is 0. The maximum Gasteiger partial charge on any atom is 0.234 e. The number of benzene rings is 2. The minimum atomic E-state index is -0.483. The lowest BCUT2D eigenvalue weighted by molar-refractivity contribution is -0.0000166. The Morgan fingerprint density at radius 2 is 1.46 bits per heavy atom. The number of nitrogens with zero attached hydrogens (tertiary/aromatic N) is 1. The summed E-state index contributed by atoms with van der Waals surface area (Å²) in [6, 6.07) is 14.3. The van der Waals surface area contributed by atoms with E-state index in [1.165, 1.54) is 0 Å². The molecule has 0 spiro atoms. The van der Waals surface area contributed by atoms with Crippen molar-refractivity contribution in [2.45, 2.75) is 20.8 Å². The maximum absolute atomic E-state index is 12.9. The van der Waals surface area contributed by atoms with Crippen molar-refractivity contribution in [1.29, 1.82) is 0 Å². The molecule has 0 aromatic heterocycles. The predicted molar refractivity (Wildman–Crippen MR) is 105 cm³/mol. The first-order valence-electron chi connectivity index (χ1n) is 8.80. The molecule has 0 unspecified atom stereocenters. The van der Waals surface area contributed by atoms with Crippen LogP contribution >= 0.6 is 0 Å². The van der Waals surface area contributed by atoms with Crippen molar-refractivity contribution < 1.29 is 22.0 Å². The molecule has 0 fully saturated rings. The molecule has 0 atom stereocenters. The number of halogens is 1. The fraction of sp³-hybridized carbons (Fsp3) is 0.273. The third-order valence-corrected chi connectivity index (χ3v) is 5.10. The van der Waals surface area contributed by atoms with E-state index in [0.29, 0.717) is 11.1 Å². The number of carbonyl (C=O) groups is 2. The number of hydrogen-bond donors (Lipinski definition) is 0. The molecule has 0 saturated heterocycles. The van der Waals surface area contributed by atoms with Crippen LogP contribution in [0.25, 0.3) is 6.08 Å². The third kappa shape index (κ3) is 3.95. The molecular formula is C22H26ClNO2. The molecule has 4 heteroatoms.